The van der Waals surface area contributed by atoms with E-state index >= 15 is 0 Å². The van der Waals surface area contributed by atoms with Crippen LogP contribution in [0.3, 0.4) is 0 Å². The second kappa shape index (κ2) is 12.0. The Morgan fingerprint density at radius 1 is 0.828 bits per heavy atom. The number of aliphatic hydroxyl groups is 1. The predicted molar refractivity (Wildman–Crippen MR) is 113 cm³/mol. The Bertz CT molecular complexity index is 755. The first-order valence-electron chi connectivity index (χ1n) is 9.77. The summed E-state index contributed by atoms with van der Waals surface area (Å²) >= 11 is 0. The minimum absolute atomic E-state index is 0.177. The normalized spacial score (nSPS) is 13.9. The average molecular weight is 399 g/mol. The van der Waals surface area contributed by atoms with Gasteiger partial charge in [0.1, 0.15) is 6.10 Å². The van der Waals surface area contributed by atoms with Gasteiger partial charge >= 0.3 is 0 Å². The van der Waals surface area contributed by atoms with Crippen LogP contribution in [-0.4, -0.2) is 48.2 Å². The summed E-state index contributed by atoms with van der Waals surface area (Å²) in [5.41, 5.74) is 14.0. The van der Waals surface area contributed by atoms with Gasteiger partial charge in [0, 0.05) is 31.6 Å². The van der Waals surface area contributed by atoms with Crippen LogP contribution in [0.4, 0.5) is 0 Å². The van der Waals surface area contributed by atoms with Crippen LogP contribution in [0.5, 0.6) is 0 Å². The lowest BCUT2D eigenvalue weighted by molar-refractivity contribution is -0.130. The van der Waals surface area contributed by atoms with Gasteiger partial charge < -0.3 is 27.2 Å². The van der Waals surface area contributed by atoms with Gasteiger partial charge in [-0.2, -0.15) is 0 Å². The molecule has 0 spiro atoms. The molecule has 0 aliphatic carbocycles. The number of nitrogens with two attached hydrogens (primary N) is 2. The Labute approximate surface area is 171 Å². The van der Waals surface area contributed by atoms with Gasteiger partial charge in [-0.25, -0.2) is 0 Å². The van der Waals surface area contributed by atoms with E-state index in [2.05, 4.69) is 10.6 Å². The molecule has 0 radical (unpaired) electrons. The van der Waals surface area contributed by atoms with Crippen LogP contribution in [-0.2, 0) is 22.4 Å². The molecule has 7 heteroatoms. The van der Waals surface area contributed by atoms with Crippen LogP contribution in [0.2, 0.25) is 0 Å². The molecular formula is C22H30N4O3. The van der Waals surface area contributed by atoms with Crippen LogP contribution < -0.4 is 22.1 Å². The lowest BCUT2D eigenvalue weighted by atomic mass is 10.0. The van der Waals surface area contributed by atoms with Crippen LogP contribution in [0.25, 0.3) is 0 Å². The van der Waals surface area contributed by atoms with Crippen molar-refractivity contribution in [3.8, 4) is 0 Å². The standard InChI is InChI=1S/C22H30N4O3/c23-18(13-16-7-3-1-4-8-16)15-20(27)25-11-12-26-22(29)21(28)19(24)14-17-9-5-2-6-10-17/h1-10,18-19,21,28H,11-15,23-24H2,(H,25,27)(H,26,29). The first-order valence-corrected chi connectivity index (χ1v) is 9.77. The fourth-order valence-electron chi connectivity index (χ4n) is 2.98. The van der Waals surface area contributed by atoms with E-state index in [-0.39, 0.29) is 31.5 Å². The van der Waals surface area contributed by atoms with Crippen molar-refractivity contribution in [2.75, 3.05) is 13.1 Å². The quantitative estimate of drug-likeness (QED) is 0.343. The van der Waals surface area contributed by atoms with Crippen molar-refractivity contribution in [3.05, 3.63) is 71.8 Å². The number of benzene rings is 2. The maximum absolute atomic E-state index is 12.0. The number of hydrogen-bond donors (Lipinski definition) is 5. The third-order valence-electron chi connectivity index (χ3n) is 4.52. The van der Waals surface area contributed by atoms with Crippen molar-refractivity contribution in [3.63, 3.8) is 0 Å². The van der Waals surface area contributed by atoms with Gasteiger partial charge in [-0.15, -0.1) is 0 Å². The van der Waals surface area contributed by atoms with Gasteiger partial charge in [-0.05, 0) is 24.0 Å². The largest absolute Gasteiger partial charge is 0.382 e. The van der Waals surface area contributed by atoms with Crippen LogP contribution in [0, 0.1) is 0 Å². The van der Waals surface area contributed by atoms with E-state index < -0.39 is 18.1 Å². The molecule has 0 aliphatic rings. The predicted octanol–water partition coefficient (Wildman–Crippen LogP) is 0.110. The maximum atomic E-state index is 12.0. The van der Waals surface area contributed by atoms with Crippen molar-refractivity contribution in [2.24, 2.45) is 11.5 Å². The molecule has 3 atom stereocenters. The van der Waals surface area contributed by atoms with Gasteiger partial charge in [0.15, 0.2) is 0 Å². The van der Waals surface area contributed by atoms with Crippen molar-refractivity contribution in [1.82, 2.24) is 10.6 Å². The van der Waals surface area contributed by atoms with Crippen LogP contribution >= 0.6 is 0 Å². The SMILES string of the molecule is NC(CC(=O)NCCNC(=O)C(O)C(N)Cc1ccccc1)Cc1ccccc1. The summed E-state index contributed by atoms with van der Waals surface area (Å²) in [5, 5.41) is 15.4. The first kappa shape index (κ1) is 22.5. The van der Waals surface area contributed by atoms with Crippen LogP contribution in [0.1, 0.15) is 17.5 Å². The molecule has 2 rings (SSSR count). The fourth-order valence-corrected chi connectivity index (χ4v) is 2.98. The summed E-state index contributed by atoms with van der Waals surface area (Å²) in [6.07, 6.45) is -0.0970. The molecule has 7 nitrogen and oxygen atoms in total. The average Bonchev–Trinajstić information content (AvgIpc) is 2.71. The molecule has 0 heterocycles. The number of hydrogen-bond acceptors (Lipinski definition) is 5. The highest BCUT2D eigenvalue weighted by molar-refractivity contribution is 5.81. The van der Waals surface area contributed by atoms with E-state index in [1.54, 1.807) is 0 Å². The Morgan fingerprint density at radius 3 is 1.93 bits per heavy atom. The number of carbonyl (C=O) groups excluding carboxylic acids is 2. The Kier molecular flexibility index (Phi) is 9.30. The molecule has 0 aliphatic heterocycles. The maximum Gasteiger partial charge on any atom is 0.250 e. The van der Waals surface area contributed by atoms with Crippen molar-refractivity contribution >= 4 is 11.8 Å². The Morgan fingerprint density at radius 2 is 1.34 bits per heavy atom. The topological polar surface area (TPSA) is 130 Å². The Hall–Kier alpha value is -2.74. The van der Waals surface area contributed by atoms with Gasteiger partial charge in [0.25, 0.3) is 5.91 Å². The molecule has 156 valence electrons. The third-order valence-corrected chi connectivity index (χ3v) is 4.52. The molecular weight excluding hydrogens is 368 g/mol. The van der Waals surface area contributed by atoms with E-state index in [9.17, 15) is 14.7 Å². The number of nitrogens with one attached hydrogen (secondary N) is 2. The smallest absolute Gasteiger partial charge is 0.250 e. The summed E-state index contributed by atoms with van der Waals surface area (Å²) in [6, 6.07) is 18.2. The molecule has 2 aromatic rings. The lowest BCUT2D eigenvalue weighted by Crippen LogP contribution is -2.48. The molecule has 29 heavy (non-hydrogen) atoms. The van der Waals surface area contributed by atoms with Gasteiger partial charge in [0.05, 0.1) is 0 Å². The van der Waals surface area contributed by atoms with Gasteiger partial charge in [-0.1, -0.05) is 60.7 Å². The van der Waals surface area contributed by atoms with E-state index in [0.717, 1.165) is 11.1 Å². The summed E-state index contributed by atoms with van der Waals surface area (Å²) in [6.45, 7) is 0.455. The van der Waals surface area contributed by atoms with E-state index in [0.29, 0.717) is 12.8 Å². The highest BCUT2D eigenvalue weighted by Gasteiger charge is 2.22. The minimum Gasteiger partial charge on any atom is -0.382 e. The zero-order valence-corrected chi connectivity index (χ0v) is 16.5. The molecule has 0 saturated heterocycles. The molecule has 2 aromatic carbocycles. The van der Waals surface area contributed by atoms with E-state index in [1.165, 1.54) is 0 Å². The van der Waals surface area contributed by atoms with Crippen molar-refractivity contribution in [1.29, 1.82) is 0 Å². The molecule has 7 N–H and O–H groups in total. The van der Waals surface area contributed by atoms with Gasteiger partial charge in [-0.3, -0.25) is 9.59 Å². The highest BCUT2D eigenvalue weighted by atomic mass is 16.3. The second-order valence-corrected chi connectivity index (χ2v) is 7.09. The monoisotopic (exact) mass is 398 g/mol. The third kappa shape index (κ3) is 8.43. The number of aliphatic hydroxyl groups excluding tert-OH is 1. The number of carbonyl (C=O) groups is 2. The van der Waals surface area contributed by atoms with E-state index in [1.807, 2.05) is 60.7 Å². The molecule has 2 amide bonds. The molecule has 0 saturated carbocycles. The minimum atomic E-state index is -1.31. The zero-order valence-electron chi connectivity index (χ0n) is 16.5. The highest BCUT2D eigenvalue weighted by Crippen LogP contribution is 2.05. The number of amides is 2. The number of rotatable bonds is 11. The summed E-state index contributed by atoms with van der Waals surface area (Å²) < 4.78 is 0. The van der Waals surface area contributed by atoms with Gasteiger partial charge in [0.2, 0.25) is 5.91 Å². The molecule has 0 fully saturated rings. The zero-order chi connectivity index (χ0) is 21.1. The molecule has 0 aromatic heterocycles. The molecule has 0 bridgehead atoms. The fraction of sp³-hybridized carbons (Fsp3) is 0.364. The van der Waals surface area contributed by atoms with E-state index in [4.69, 9.17) is 11.5 Å². The lowest BCUT2D eigenvalue weighted by Gasteiger charge is -2.18. The summed E-state index contributed by atoms with van der Waals surface area (Å²) in [5.74, 6) is -0.729. The summed E-state index contributed by atoms with van der Waals surface area (Å²) in [7, 11) is 0. The van der Waals surface area contributed by atoms with Crippen molar-refractivity contribution < 1.29 is 14.7 Å². The molecule has 3 unspecified atom stereocenters. The van der Waals surface area contributed by atoms with Crippen molar-refractivity contribution in [2.45, 2.75) is 37.5 Å². The first-order chi connectivity index (χ1) is 14.0. The summed E-state index contributed by atoms with van der Waals surface area (Å²) in [4.78, 5) is 24.0. The Balaban J connectivity index is 1.62. The second-order valence-electron chi connectivity index (χ2n) is 7.09. The van der Waals surface area contributed by atoms with Crippen LogP contribution in [0.15, 0.2) is 60.7 Å².